The number of ether oxygens (including phenoxy) is 2. The largest absolute Gasteiger partial charge is 0.493 e. The number of methoxy groups -OCH3 is 1. The Labute approximate surface area is 158 Å². The second-order valence-electron chi connectivity index (χ2n) is 8.17. The zero-order chi connectivity index (χ0) is 18.6. The number of likely N-dealkylation sites (tertiary alicyclic amines) is 1. The molecule has 3 aliphatic heterocycles. The SMILES string of the molecule is COc1ccc2c3c1O[C@H]1C4=C(C=C5[C@@H](C2)N(C)CC[C@]531)S(=O)(=O)CCN4. The molecule has 0 saturated carbocycles. The van der Waals surface area contributed by atoms with Crippen molar-refractivity contribution < 1.29 is 17.9 Å². The first-order valence-corrected chi connectivity index (χ1v) is 11.1. The molecular formula is C20H22N2O4S. The van der Waals surface area contributed by atoms with Crippen LogP contribution in [0.25, 0.3) is 0 Å². The van der Waals surface area contributed by atoms with Crippen molar-refractivity contribution in [2.75, 3.05) is 33.0 Å². The Bertz CT molecular complexity index is 1060. The minimum absolute atomic E-state index is 0.136. The summed E-state index contributed by atoms with van der Waals surface area (Å²) in [7, 11) is 0.506. The number of rotatable bonds is 1. The average Bonchev–Trinajstić information content (AvgIpc) is 2.99. The monoisotopic (exact) mass is 386 g/mol. The summed E-state index contributed by atoms with van der Waals surface area (Å²) in [6.45, 7) is 1.40. The van der Waals surface area contributed by atoms with Crippen LogP contribution in [0.4, 0.5) is 0 Å². The van der Waals surface area contributed by atoms with Crippen LogP contribution in [0, 0.1) is 0 Å². The number of allylic oxidation sites excluding steroid dienone is 1. The Kier molecular flexibility index (Phi) is 2.90. The lowest BCUT2D eigenvalue weighted by molar-refractivity contribution is 0.107. The van der Waals surface area contributed by atoms with Crippen LogP contribution in [0.2, 0.25) is 0 Å². The molecule has 0 aromatic heterocycles. The van der Waals surface area contributed by atoms with Gasteiger partial charge in [0.25, 0.3) is 0 Å². The molecule has 1 N–H and O–H groups in total. The van der Waals surface area contributed by atoms with E-state index in [1.807, 2.05) is 12.1 Å². The van der Waals surface area contributed by atoms with Gasteiger partial charge in [0.15, 0.2) is 27.4 Å². The average molecular weight is 386 g/mol. The summed E-state index contributed by atoms with van der Waals surface area (Å²) >= 11 is 0. The fourth-order valence-electron chi connectivity index (χ4n) is 5.85. The van der Waals surface area contributed by atoms with Gasteiger partial charge in [-0.1, -0.05) is 6.07 Å². The molecule has 0 unspecified atom stereocenters. The van der Waals surface area contributed by atoms with Crippen molar-refractivity contribution >= 4 is 9.84 Å². The Morgan fingerprint density at radius 1 is 1.37 bits per heavy atom. The van der Waals surface area contributed by atoms with Crippen molar-refractivity contribution in [1.29, 1.82) is 0 Å². The summed E-state index contributed by atoms with van der Waals surface area (Å²) in [4.78, 5) is 2.79. The van der Waals surface area contributed by atoms with Crippen LogP contribution < -0.4 is 14.8 Å². The summed E-state index contributed by atoms with van der Waals surface area (Å²) in [6.07, 6.45) is 3.45. The first-order valence-electron chi connectivity index (χ1n) is 9.47. The molecule has 1 aromatic carbocycles. The molecule has 1 aromatic rings. The van der Waals surface area contributed by atoms with Crippen LogP contribution in [0.3, 0.4) is 0 Å². The summed E-state index contributed by atoms with van der Waals surface area (Å²) in [6, 6.07) is 4.35. The minimum atomic E-state index is -3.29. The fraction of sp³-hybridized carbons (Fsp3) is 0.500. The summed E-state index contributed by atoms with van der Waals surface area (Å²) < 4.78 is 37.8. The fourth-order valence-corrected chi connectivity index (χ4v) is 7.26. The van der Waals surface area contributed by atoms with Crippen LogP contribution in [-0.4, -0.2) is 58.5 Å². The second-order valence-corrected chi connectivity index (χ2v) is 10.3. The number of sulfone groups is 1. The molecule has 1 fully saturated rings. The maximum Gasteiger partial charge on any atom is 0.181 e. The molecular weight excluding hydrogens is 364 g/mol. The third-order valence-corrected chi connectivity index (χ3v) is 8.82. The molecule has 7 heteroatoms. The van der Waals surface area contributed by atoms with Gasteiger partial charge in [-0.25, -0.2) is 8.42 Å². The number of hydrogen-bond donors (Lipinski definition) is 1. The number of benzene rings is 1. The van der Waals surface area contributed by atoms with E-state index in [1.165, 1.54) is 16.7 Å². The summed E-state index contributed by atoms with van der Waals surface area (Å²) in [5.41, 5.74) is 4.17. The Morgan fingerprint density at radius 3 is 3.04 bits per heavy atom. The Balaban J connectivity index is 1.70. The molecule has 2 bridgehead atoms. The van der Waals surface area contributed by atoms with Crippen molar-refractivity contribution in [2.45, 2.75) is 30.4 Å². The topological polar surface area (TPSA) is 67.9 Å². The summed E-state index contributed by atoms with van der Waals surface area (Å²) in [5, 5.41) is 3.37. The van der Waals surface area contributed by atoms with Gasteiger partial charge in [-0.2, -0.15) is 0 Å². The van der Waals surface area contributed by atoms with Crippen LogP contribution in [-0.2, 0) is 21.7 Å². The second kappa shape index (κ2) is 4.89. The normalized spacial score (nSPS) is 34.8. The standard InChI is InChI=1S/C20H22N2O4S/c1-22-7-5-20-12-10-15-17(21-6-8-27(15,23)24)19(20)26-18-14(25-2)4-3-11(16(18)20)9-13(12)22/h3-4,10,13,19,21H,5-9H2,1-2H3/t13-,19+,20+/m1/s1. The zero-order valence-corrected chi connectivity index (χ0v) is 16.2. The number of nitrogens with zero attached hydrogens (tertiary/aromatic N) is 1. The molecule has 6 nitrogen and oxygen atoms in total. The molecule has 27 heavy (non-hydrogen) atoms. The van der Waals surface area contributed by atoms with Crippen molar-refractivity contribution in [3.05, 3.63) is 45.5 Å². The zero-order valence-electron chi connectivity index (χ0n) is 15.4. The van der Waals surface area contributed by atoms with E-state index in [0.717, 1.165) is 36.6 Å². The highest BCUT2D eigenvalue weighted by molar-refractivity contribution is 7.95. The first kappa shape index (κ1) is 16.0. The number of likely N-dealkylation sites (N-methyl/N-ethyl adjacent to an activating group) is 1. The lowest BCUT2D eigenvalue weighted by Crippen LogP contribution is -2.60. The van der Waals surface area contributed by atoms with Crippen molar-refractivity contribution in [3.8, 4) is 11.5 Å². The lowest BCUT2D eigenvalue weighted by Gasteiger charge is -2.54. The number of piperidine rings is 1. The van der Waals surface area contributed by atoms with E-state index in [1.54, 1.807) is 7.11 Å². The predicted molar refractivity (Wildman–Crippen MR) is 101 cm³/mol. The molecule has 142 valence electrons. The summed E-state index contributed by atoms with van der Waals surface area (Å²) in [5.74, 6) is 1.67. The van der Waals surface area contributed by atoms with E-state index in [2.05, 4.69) is 23.3 Å². The third kappa shape index (κ3) is 1.73. The van der Waals surface area contributed by atoms with Gasteiger partial charge < -0.3 is 14.8 Å². The van der Waals surface area contributed by atoms with Gasteiger partial charge in [-0.3, -0.25) is 4.90 Å². The molecule has 5 aliphatic rings. The van der Waals surface area contributed by atoms with E-state index < -0.39 is 9.84 Å². The van der Waals surface area contributed by atoms with E-state index in [9.17, 15) is 8.42 Å². The molecule has 1 saturated heterocycles. The van der Waals surface area contributed by atoms with Crippen LogP contribution >= 0.6 is 0 Å². The van der Waals surface area contributed by atoms with Crippen molar-refractivity contribution in [2.24, 2.45) is 0 Å². The van der Waals surface area contributed by atoms with Gasteiger partial charge in [0.05, 0.1) is 28.9 Å². The van der Waals surface area contributed by atoms with Gasteiger partial charge >= 0.3 is 0 Å². The first-order chi connectivity index (χ1) is 13.0. The Morgan fingerprint density at radius 2 is 2.22 bits per heavy atom. The molecule has 0 amide bonds. The van der Waals surface area contributed by atoms with Gasteiger partial charge in [0, 0.05) is 18.2 Å². The number of nitrogens with one attached hydrogen (secondary N) is 1. The van der Waals surface area contributed by atoms with Gasteiger partial charge in [0.1, 0.15) is 0 Å². The van der Waals surface area contributed by atoms with Gasteiger partial charge in [-0.05, 0) is 49.7 Å². The maximum absolute atomic E-state index is 12.8. The predicted octanol–water partition coefficient (Wildman–Crippen LogP) is 1.12. The highest BCUT2D eigenvalue weighted by atomic mass is 32.2. The molecule has 3 heterocycles. The van der Waals surface area contributed by atoms with E-state index in [0.29, 0.717) is 11.4 Å². The highest BCUT2D eigenvalue weighted by Crippen LogP contribution is 2.63. The molecule has 1 spiro atoms. The maximum atomic E-state index is 12.8. The molecule has 0 radical (unpaired) electrons. The molecule has 6 rings (SSSR count). The van der Waals surface area contributed by atoms with Crippen molar-refractivity contribution in [1.82, 2.24) is 10.2 Å². The Hall–Kier alpha value is -1.99. The lowest BCUT2D eigenvalue weighted by atomic mass is 9.57. The van der Waals surface area contributed by atoms with Crippen molar-refractivity contribution in [3.63, 3.8) is 0 Å². The highest BCUT2D eigenvalue weighted by Gasteiger charge is 2.63. The quantitative estimate of drug-likeness (QED) is 0.780. The van der Waals surface area contributed by atoms with Gasteiger partial charge in [-0.15, -0.1) is 0 Å². The van der Waals surface area contributed by atoms with Crippen LogP contribution in [0.5, 0.6) is 11.5 Å². The van der Waals surface area contributed by atoms with Gasteiger partial charge in [0.2, 0.25) is 0 Å². The third-order valence-electron chi connectivity index (χ3n) is 7.07. The van der Waals surface area contributed by atoms with E-state index in [4.69, 9.17) is 9.47 Å². The van der Waals surface area contributed by atoms with E-state index >= 15 is 0 Å². The van der Waals surface area contributed by atoms with Crippen LogP contribution in [0.1, 0.15) is 17.5 Å². The minimum Gasteiger partial charge on any atom is -0.493 e. The number of hydrogen-bond acceptors (Lipinski definition) is 6. The molecule has 2 aliphatic carbocycles. The smallest absolute Gasteiger partial charge is 0.181 e. The molecule has 3 atom stereocenters. The number of fused-ring (bicyclic) bond motifs is 1. The van der Waals surface area contributed by atoms with E-state index in [-0.39, 0.29) is 23.3 Å². The van der Waals surface area contributed by atoms with Crippen LogP contribution in [0.15, 0.2) is 34.4 Å².